The summed E-state index contributed by atoms with van der Waals surface area (Å²) in [6.07, 6.45) is -3.02. The summed E-state index contributed by atoms with van der Waals surface area (Å²) in [5, 5.41) is 14.7. The van der Waals surface area contributed by atoms with Crippen molar-refractivity contribution in [3.63, 3.8) is 0 Å². The first-order chi connectivity index (χ1) is 15.3. The third-order valence-corrected chi connectivity index (χ3v) is 5.33. The van der Waals surface area contributed by atoms with Crippen LogP contribution in [0.5, 0.6) is 0 Å². The van der Waals surface area contributed by atoms with E-state index < -0.39 is 17.6 Å². The smallest absolute Gasteiger partial charge is 0.338 e. The van der Waals surface area contributed by atoms with Crippen molar-refractivity contribution in [1.82, 2.24) is 19.7 Å². The number of hydrogen-bond donors (Lipinski definition) is 0. The molecule has 0 saturated heterocycles. The molecule has 12 heteroatoms. The van der Waals surface area contributed by atoms with Gasteiger partial charge in [-0.1, -0.05) is 47.3 Å². The molecule has 2 aromatic heterocycles. The van der Waals surface area contributed by atoms with E-state index in [4.69, 9.17) is 4.52 Å². The van der Waals surface area contributed by atoms with Crippen LogP contribution in [0.4, 0.5) is 18.9 Å². The molecule has 0 aliphatic rings. The van der Waals surface area contributed by atoms with Crippen molar-refractivity contribution in [2.45, 2.75) is 23.6 Å². The molecule has 164 valence electrons. The van der Waals surface area contributed by atoms with Gasteiger partial charge in [0.25, 0.3) is 5.69 Å². The van der Waals surface area contributed by atoms with E-state index in [1.165, 1.54) is 30.5 Å². The molecule has 4 rings (SSSR count). The second-order valence-electron chi connectivity index (χ2n) is 6.60. The summed E-state index contributed by atoms with van der Waals surface area (Å²) in [5.74, 6) is 0.508. The zero-order chi connectivity index (χ0) is 22.7. The summed E-state index contributed by atoms with van der Waals surface area (Å²) in [5.41, 5.74) is 1.41. The molecule has 0 radical (unpaired) electrons. The number of aromatic nitrogens is 4. The summed E-state index contributed by atoms with van der Waals surface area (Å²) < 4.78 is 45.8. The lowest BCUT2D eigenvalue weighted by Gasteiger charge is -2.13. The standard InChI is InChI=1S/C20H14F3N5O3S/c21-20(22,23)12-27-16(13-4-2-1-3-5-13)10-24-19(27)32-11-17-25-18(26-31-17)14-6-8-15(9-7-14)28(29)30/h1-10H,11-12H2. The number of benzene rings is 2. The quantitative estimate of drug-likeness (QED) is 0.207. The van der Waals surface area contributed by atoms with E-state index in [0.717, 1.165) is 16.3 Å². The fraction of sp³-hybridized carbons (Fsp3) is 0.150. The van der Waals surface area contributed by atoms with Crippen molar-refractivity contribution in [2.24, 2.45) is 0 Å². The molecule has 2 heterocycles. The number of nitro groups is 1. The zero-order valence-corrected chi connectivity index (χ0v) is 17.0. The molecule has 0 bridgehead atoms. The van der Waals surface area contributed by atoms with Crippen molar-refractivity contribution >= 4 is 17.4 Å². The Labute approximate surface area is 183 Å². The molecule has 0 unspecified atom stereocenters. The highest BCUT2D eigenvalue weighted by Gasteiger charge is 2.31. The minimum Gasteiger partial charge on any atom is -0.338 e. The molecule has 0 spiro atoms. The molecule has 4 aromatic rings. The van der Waals surface area contributed by atoms with Crippen LogP contribution in [-0.2, 0) is 12.3 Å². The number of alkyl halides is 3. The van der Waals surface area contributed by atoms with Gasteiger partial charge in [0.15, 0.2) is 5.16 Å². The van der Waals surface area contributed by atoms with Gasteiger partial charge in [0, 0.05) is 17.7 Å². The summed E-state index contributed by atoms with van der Waals surface area (Å²) >= 11 is 1.04. The molecule has 0 N–H and O–H groups in total. The Hall–Kier alpha value is -3.67. The number of imidazole rings is 1. The number of thioether (sulfide) groups is 1. The number of halogens is 3. The van der Waals surface area contributed by atoms with E-state index in [2.05, 4.69) is 15.1 Å². The number of nitro benzene ring substituents is 1. The van der Waals surface area contributed by atoms with E-state index in [0.29, 0.717) is 16.8 Å². The van der Waals surface area contributed by atoms with Crippen LogP contribution >= 0.6 is 11.8 Å². The lowest BCUT2D eigenvalue weighted by Crippen LogP contribution is -2.19. The van der Waals surface area contributed by atoms with Gasteiger partial charge in [0.05, 0.1) is 22.6 Å². The fourth-order valence-electron chi connectivity index (χ4n) is 2.93. The first-order valence-electron chi connectivity index (χ1n) is 9.18. The van der Waals surface area contributed by atoms with Crippen LogP contribution in [0.15, 0.2) is 70.5 Å². The summed E-state index contributed by atoms with van der Waals surface area (Å²) in [4.78, 5) is 18.6. The Morgan fingerprint density at radius 3 is 2.44 bits per heavy atom. The lowest BCUT2D eigenvalue weighted by atomic mass is 10.2. The average Bonchev–Trinajstić information content (AvgIpc) is 3.39. The number of hydrogen-bond acceptors (Lipinski definition) is 7. The highest BCUT2D eigenvalue weighted by atomic mass is 32.2. The van der Waals surface area contributed by atoms with Gasteiger partial charge in [0.1, 0.15) is 6.54 Å². The Kier molecular flexibility index (Phi) is 5.95. The molecule has 0 saturated carbocycles. The molecule has 0 amide bonds. The maximum absolute atomic E-state index is 13.2. The molecule has 8 nitrogen and oxygen atoms in total. The van der Waals surface area contributed by atoms with Crippen LogP contribution in [0.25, 0.3) is 22.6 Å². The van der Waals surface area contributed by atoms with Crippen molar-refractivity contribution < 1.29 is 22.6 Å². The molecule has 0 aliphatic heterocycles. The summed E-state index contributed by atoms with van der Waals surface area (Å²) in [7, 11) is 0. The third kappa shape index (κ3) is 4.97. The van der Waals surface area contributed by atoms with Crippen LogP contribution in [0.3, 0.4) is 0 Å². The normalized spacial score (nSPS) is 11.6. The van der Waals surface area contributed by atoms with Gasteiger partial charge in [0.2, 0.25) is 11.7 Å². The lowest BCUT2D eigenvalue weighted by molar-refractivity contribution is -0.384. The molecule has 0 fully saturated rings. The fourth-order valence-corrected chi connectivity index (χ4v) is 3.75. The van der Waals surface area contributed by atoms with Gasteiger partial charge in [-0.3, -0.25) is 10.1 Å². The third-order valence-electron chi connectivity index (χ3n) is 4.36. The maximum Gasteiger partial charge on any atom is 0.406 e. The Bertz CT molecular complexity index is 1220. The van der Waals surface area contributed by atoms with Crippen molar-refractivity contribution in [2.75, 3.05) is 0 Å². The first-order valence-corrected chi connectivity index (χ1v) is 10.2. The van der Waals surface area contributed by atoms with Crippen LogP contribution in [0.2, 0.25) is 0 Å². The number of nitrogens with zero attached hydrogens (tertiary/aromatic N) is 5. The van der Waals surface area contributed by atoms with Gasteiger partial charge < -0.3 is 9.09 Å². The Morgan fingerprint density at radius 1 is 1.06 bits per heavy atom. The summed E-state index contributed by atoms with van der Waals surface area (Å²) in [6, 6.07) is 14.3. The predicted octanol–water partition coefficient (Wildman–Crippen LogP) is 5.36. The van der Waals surface area contributed by atoms with Crippen LogP contribution in [0, 0.1) is 10.1 Å². The van der Waals surface area contributed by atoms with E-state index in [1.54, 1.807) is 30.3 Å². The largest absolute Gasteiger partial charge is 0.406 e. The second-order valence-corrected chi connectivity index (χ2v) is 7.54. The SMILES string of the molecule is O=[N+]([O-])c1ccc(-c2noc(CSc3ncc(-c4ccccc4)n3CC(F)(F)F)n2)cc1. The molecule has 0 atom stereocenters. The average molecular weight is 461 g/mol. The van der Waals surface area contributed by atoms with E-state index in [-0.39, 0.29) is 28.3 Å². The number of non-ortho nitro benzene ring substituents is 1. The van der Waals surface area contributed by atoms with Gasteiger partial charge >= 0.3 is 6.18 Å². The predicted molar refractivity (Wildman–Crippen MR) is 110 cm³/mol. The molecular weight excluding hydrogens is 447 g/mol. The molecule has 2 aromatic carbocycles. The minimum absolute atomic E-state index is 0.0706. The van der Waals surface area contributed by atoms with E-state index in [9.17, 15) is 23.3 Å². The van der Waals surface area contributed by atoms with Crippen LogP contribution in [-0.4, -0.2) is 30.8 Å². The molecular formula is C20H14F3N5O3S. The maximum atomic E-state index is 13.2. The van der Waals surface area contributed by atoms with Crippen molar-refractivity contribution in [3.8, 4) is 22.6 Å². The van der Waals surface area contributed by atoms with Gasteiger partial charge in [-0.15, -0.1) is 0 Å². The van der Waals surface area contributed by atoms with E-state index >= 15 is 0 Å². The number of rotatable bonds is 7. The van der Waals surface area contributed by atoms with Crippen LogP contribution in [0.1, 0.15) is 5.89 Å². The Balaban J connectivity index is 1.53. The van der Waals surface area contributed by atoms with Gasteiger partial charge in [-0.25, -0.2) is 4.98 Å². The Morgan fingerprint density at radius 2 is 1.78 bits per heavy atom. The van der Waals surface area contributed by atoms with Crippen LogP contribution < -0.4 is 0 Å². The minimum atomic E-state index is -4.42. The van der Waals surface area contributed by atoms with Gasteiger partial charge in [-0.2, -0.15) is 18.2 Å². The highest BCUT2D eigenvalue weighted by molar-refractivity contribution is 7.98. The highest BCUT2D eigenvalue weighted by Crippen LogP contribution is 2.31. The van der Waals surface area contributed by atoms with E-state index in [1.807, 2.05) is 0 Å². The van der Waals surface area contributed by atoms with Crippen molar-refractivity contribution in [3.05, 3.63) is 76.8 Å². The molecule has 32 heavy (non-hydrogen) atoms. The van der Waals surface area contributed by atoms with Gasteiger partial charge in [-0.05, 0) is 17.7 Å². The first kappa shape index (κ1) is 21.6. The second kappa shape index (κ2) is 8.83. The monoisotopic (exact) mass is 461 g/mol. The summed E-state index contributed by atoms with van der Waals surface area (Å²) in [6.45, 7) is -1.18. The topological polar surface area (TPSA) is 99.9 Å². The molecule has 0 aliphatic carbocycles. The van der Waals surface area contributed by atoms with Crippen molar-refractivity contribution in [1.29, 1.82) is 0 Å². The zero-order valence-electron chi connectivity index (χ0n) is 16.2.